The Bertz CT molecular complexity index is 1720. The first kappa shape index (κ1) is 21.1. The van der Waals surface area contributed by atoms with Gasteiger partial charge in [0, 0.05) is 34.5 Å². The molecule has 3 aromatic heterocycles. The molecule has 0 N–H and O–H groups in total. The Labute approximate surface area is 204 Å². The van der Waals surface area contributed by atoms with Crippen LogP contribution in [0.2, 0.25) is 0 Å². The number of rotatable bonds is 3. The van der Waals surface area contributed by atoms with E-state index in [2.05, 4.69) is 79.3 Å². The normalized spacial score (nSPS) is 11.3. The Morgan fingerprint density at radius 1 is 0.571 bits per heavy atom. The van der Waals surface area contributed by atoms with Gasteiger partial charge in [-0.15, -0.1) is 0 Å². The predicted molar refractivity (Wildman–Crippen MR) is 143 cm³/mol. The second kappa shape index (κ2) is 8.41. The second-order valence-electron chi connectivity index (χ2n) is 9.09. The van der Waals surface area contributed by atoms with Crippen molar-refractivity contribution in [3.8, 4) is 33.8 Å². The summed E-state index contributed by atoms with van der Waals surface area (Å²) in [6, 6.07) is 23.3. The Morgan fingerprint density at radius 2 is 1.40 bits per heavy atom. The molecule has 0 unspecified atom stereocenters. The third kappa shape index (κ3) is 3.83. The van der Waals surface area contributed by atoms with Crippen LogP contribution in [0.15, 0.2) is 91.5 Å². The summed E-state index contributed by atoms with van der Waals surface area (Å²) in [4.78, 5) is 18.9. The number of fused-ring (bicyclic) bond motifs is 3. The molecule has 0 saturated heterocycles. The van der Waals surface area contributed by atoms with Crippen molar-refractivity contribution in [3.05, 3.63) is 108 Å². The lowest BCUT2D eigenvalue weighted by Crippen LogP contribution is -1.95. The molecule has 0 bridgehead atoms. The number of aromatic nitrogens is 4. The number of pyridine rings is 2. The molecule has 6 aromatic rings. The lowest BCUT2D eigenvalue weighted by Gasteiger charge is -2.13. The highest BCUT2D eigenvalue weighted by Gasteiger charge is 2.14. The Kier molecular flexibility index (Phi) is 5.07. The molecule has 35 heavy (non-hydrogen) atoms. The topological polar surface area (TPSA) is 51.6 Å². The molecular formula is C31H24N4. The molecule has 0 amide bonds. The molecular weight excluding hydrogens is 428 g/mol. The number of hydrogen-bond acceptors (Lipinski definition) is 4. The molecule has 0 aliphatic heterocycles. The molecule has 4 nitrogen and oxygen atoms in total. The summed E-state index contributed by atoms with van der Waals surface area (Å²) in [7, 11) is 0. The molecule has 0 spiro atoms. The Hall–Kier alpha value is -4.44. The van der Waals surface area contributed by atoms with E-state index in [1.807, 2.05) is 43.0 Å². The van der Waals surface area contributed by atoms with Crippen molar-refractivity contribution in [2.24, 2.45) is 0 Å². The zero-order valence-corrected chi connectivity index (χ0v) is 19.9. The summed E-state index contributed by atoms with van der Waals surface area (Å²) >= 11 is 0. The summed E-state index contributed by atoms with van der Waals surface area (Å²) in [6.07, 6.45) is 7.42. The molecule has 0 aliphatic carbocycles. The standard InChI is InChI=1S/C31H24N4/c1-19-7-10-23-25(12-19)27(15-29-26(23)13-20(2)16-34-29)31-18-32-17-30(35-31)24-14-22(9-8-21(24)3)28-6-4-5-11-33-28/h4-18H,1-3H3. The van der Waals surface area contributed by atoms with Gasteiger partial charge >= 0.3 is 0 Å². The summed E-state index contributed by atoms with van der Waals surface area (Å²) in [5.41, 5.74) is 10.2. The minimum Gasteiger partial charge on any atom is -0.260 e. The quantitative estimate of drug-likeness (QED) is 0.261. The molecule has 4 heteroatoms. The van der Waals surface area contributed by atoms with Crippen LogP contribution in [-0.2, 0) is 0 Å². The Morgan fingerprint density at radius 3 is 2.23 bits per heavy atom. The van der Waals surface area contributed by atoms with Gasteiger partial charge in [0.1, 0.15) is 0 Å². The van der Waals surface area contributed by atoms with Gasteiger partial charge in [0.2, 0.25) is 0 Å². The van der Waals surface area contributed by atoms with Gasteiger partial charge in [0.25, 0.3) is 0 Å². The third-order valence-electron chi connectivity index (χ3n) is 6.48. The zero-order valence-electron chi connectivity index (χ0n) is 19.9. The van der Waals surface area contributed by atoms with Crippen LogP contribution in [0.4, 0.5) is 0 Å². The van der Waals surface area contributed by atoms with Crippen LogP contribution in [0.3, 0.4) is 0 Å². The van der Waals surface area contributed by atoms with Crippen molar-refractivity contribution in [2.75, 3.05) is 0 Å². The van der Waals surface area contributed by atoms with E-state index in [-0.39, 0.29) is 0 Å². The minimum absolute atomic E-state index is 0.838. The van der Waals surface area contributed by atoms with Crippen molar-refractivity contribution in [3.63, 3.8) is 0 Å². The predicted octanol–water partition coefficient (Wildman–Crippen LogP) is 7.50. The van der Waals surface area contributed by atoms with Crippen LogP contribution in [0.1, 0.15) is 16.7 Å². The average Bonchev–Trinajstić information content (AvgIpc) is 2.89. The molecule has 0 radical (unpaired) electrons. The van der Waals surface area contributed by atoms with E-state index >= 15 is 0 Å². The van der Waals surface area contributed by atoms with Gasteiger partial charge in [-0.3, -0.25) is 15.0 Å². The molecule has 0 saturated carbocycles. The van der Waals surface area contributed by atoms with E-state index in [1.54, 1.807) is 0 Å². The molecule has 3 aromatic carbocycles. The largest absolute Gasteiger partial charge is 0.260 e. The highest BCUT2D eigenvalue weighted by molar-refractivity contribution is 6.12. The number of nitrogens with zero attached hydrogens (tertiary/aromatic N) is 4. The minimum atomic E-state index is 0.838. The van der Waals surface area contributed by atoms with E-state index in [4.69, 9.17) is 9.97 Å². The molecule has 3 heterocycles. The van der Waals surface area contributed by atoms with E-state index in [9.17, 15) is 0 Å². The SMILES string of the molecule is Cc1ccc2c(c1)c(-c1cncc(-c3cc(-c4ccccn4)ccc3C)n1)cc1ncc(C)cc12. The summed E-state index contributed by atoms with van der Waals surface area (Å²) < 4.78 is 0. The first-order valence-electron chi connectivity index (χ1n) is 11.7. The van der Waals surface area contributed by atoms with Crippen molar-refractivity contribution >= 4 is 21.7 Å². The fraction of sp³-hybridized carbons (Fsp3) is 0.0968. The third-order valence-corrected chi connectivity index (χ3v) is 6.48. The monoisotopic (exact) mass is 452 g/mol. The van der Waals surface area contributed by atoms with Crippen LogP contribution in [0, 0.1) is 20.8 Å². The fourth-order valence-electron chi connectivity index (χ4n) is 4.67. The van der Waals surface area contributed by atoms with Gasteiger partial charge in [0.15, 0.2) is 0 Å². The van der Waals surface area contributed by atoms with Gasteiger partial charge in [-0.25, -0.2) is 4.98 Å². The highest BCUT2D eigenvalue weighted by atomic mass is 14.8. The van der Waals surface area contributed by atoms with Crippen molar-refractivity contribution in [1.29, 1.82) is 0 Å². The number of aryl methyl sites for hydroxylation is 3. The lowest BCUT2D eigenvalue weighted by atomic mass is 9.95. The van der Waals surface area contributed by atoms with E-state index in [1.165, 1.54) is 10.9 Å². The maximum atomic E-state index is 5.10. The van der Waals surface area contributed by atoms with E-state index in [0.717, 1.165) is 61.2 Å². The van der Waals surface area contributed by atoms with Crippen molar-refractivity contribution < 1.29 is 0 Å². The number of hydrogen-bond donors (Lipinski definition) is 0. The number of benzene rings is 3. The first-order chi connectivity index (χ1) is 17.1. The summed E-state index contributed by atoms with van der Waals surface area (Å²) in [5, 5.41) is 3.50. The van der Waals surface area contributed by atoms with Crippen LogP contribution in [0.5, 0.6) is 0 Å². The van der Waals surface area contributed by atoms with Crippen LogP contribution >= 0.6 is 0 Å². The lowest BCUT2D eigenvalue weighted by molar-refractivity contribution is 1.20. The molecule has 0 aliphatic rings. The van der Waals surface area contributed by atoms with Crippen LogP contribution in [-0.4, -0.2) is 19.9 Å². The van der Waals surface area contributed by atoms with Gasteiger partial charge < -0.3 is 0 Å². The highest BCUT2D eigenvalue weighted by Crippen LogP contribution is 2.35. The smallest absolute Gasteiger partial charge is 0.0899 e. The van der Waals surface area contributed by atoms with Gasteiger partial charge in [-0.2, -0.15) is 0 Å². The van der Waals surface area contributed by atoms with Gasteiger partial charge in [0.05, 0.1) is 35.0 Å². The van der Waals surface area contributed by atoms with Crippen LogP contribution < -0.4 is 0 Å². The maximum Gasteiger partial charge on any atom is 0.0899 e. The zero-order chi connectivity index (χ0) is 23.9. The van der Waals surface area contributed by atoms with Gasteiger partial charge in [-0.05, 0) is 73.0 Å². The first-order valence-corrected chi connectivity index (χ1v) is 11.7. The maximum absolute atomic E-state index is 5.10. The van der Waals surface area contributed by atoms with Crippen molar-refractivity contribution in [1.82, 2.24) is 19.9 Å². The average molecular weight is 453 g/mol. The van der Waals surface area contributed by atoms with Gasteiger partial charge in [-0.1, -0.05) is 42.0 Å². The second-order valence-corrected chi connectivity index (χ2v) is 9.09. The summed E-state index contributed by atoms with van der Waals surface area (Å²) in [5.74, 6) is 0. The molecule has 6 rings (SSSR count). The molecule has 168 valence electrons. The summed E-state index contributed by atoms with van der Waals surface area (Å²) in [6.45, 7) is 6.31. The van der Waals surface area contributed by atoms with E-state index in [0.29, 0.717) is 0 Å². The van der Waals surface area contributed by atoms with Crippen LogP contribution in [0.25, 0.3) is 55.4 Å². The fourth-order valence-corrected chi connectivity index (χ4v) is 4.67. The van der Waals surface area contributed by atoms with E-state index < -0.39 is 0 Å². The molecule has 0 fully saturated rings. The molecule has 0 atom stereocenters. The van der Waals surface area contributed by atoms with Crippen molar-refractivity contribution in [2.45, 2.75) is 20.8 Å². The Balaban J connectivity index is 1.55.